The molecule has 1 aromatic rings. The summed E-state index contributed by atoms with van der Waals surface area (Å²) in [6.07, 6.45) is 2.89. The van der Waals surface area contributed by atoms with Gasteiger partial charge in [-0.1, -0.05) is 39.0 Å². The number of Topliss-reactive ketones (excluding diaryl/α,β-unsaturated/α-hetero) is 1. The van der Waals surface area contributed by atoms with Crippen LogP contribution in [0.4, 0.5) is 4.39 Å². The first-order valence-corrected chi connectivity index (χ1v) is 12.6. The van der Waals surface area contributed by atoms with Gasteiger partial charge in [0.25, 0.3) is 0 Å². The van der Waals surface area contributed by atoms with Gasteiger partial charge in [-0.15, -0.1) is 0 Å². The third-order valence-electron chi connectivity index (χ3n) is 5.72. The molecule has 0 heterocycles. The Morgan fingerprint density at radius 2 is 1.96 bits per heavy atom. The molecule has 1 aliphatic rings. The summed E-state index contributed by atoms with van der Waals surface area (Å²) in [5.74, 6) is -0.787. The molecule has 4 nitrogen and oxygen atoms in total. The lowest BCUT2D eigenvalue weighted by Crippen LogP contribution is -2.43. The van der Waals surface area contributed by atoms with Gasteiger partial charge in [-0.05, 0) is 42.6 Å². The average molecular weight is 407 g/mol. The van der Waals surface area contributed by atoms with Crippen molar-refractivity contribution >= 4 is 25.6 Å². The molecule has 0 fully saturated rings. The number of halogens is 1. The molecule has 0 N–H and O–H groups in total. The van der Waals surface area contributed by atoms with Crippen LogP contribution in [-0.4, -0.2) is 33.3 Å². The van der Waals surface area contributed by atoms with E-state index in [-0.39, 0.29) is 41.6 Å². The van der Waals surface area contributed by atoms with Gasteiger partial charge in [-0.2, -0.15) is 0 Å². The maximum atomic E-state index is 15.0. The lowest BCUT2D eigenvalue weighted by molar-refractivity contribution is -0.140. The van der Waals surface area contributed by atoms with E-state index in [1.54, 1.807) is 24.3 Å². The molecule has 0 aromatic heterocycles. The quantitative estimate of drug-likeness (QED) is 0.469. The number of aryl methyl sites for hydroxylation is 1. The summed E-state index contributed by atoms with van der Waals surface area (Å²) in [7, 11) is -0.684. The number of benzene rings is 1. The molecular formula is C22H31FO4Si. The Morgan fingerprint density at radius 3 is 2.57 bits per heavy atom. The Morgan fingerprint density at radius 1 is 1.29 bits per heavy atom. The van der Waals surface area contributed by atoms with Crippen LogP contribution in [0.3, 0.4) is 0 Å². The number of hydrogen-bond acceptors (Lipinski definition) is 4. The normalized spacial score (nSPS) is 17.6. The molecule has 0 saturated heterocycles. The van der Waals surface area contributed by atoms with E-state index < -0.39 is 8.32 Å². The Labute approximate surface area is 168 Å². The predicted octanol–water partition coefficient (Wildman–Crippen LogP) is 5.07. The Kier molecular flexibility index (Phi) is 6.99. The highest BCUT2D eigenvalue weighted by molar-refractivity contribution is 6.74. The second-order valence-electron chi connectivity index (χ2n) is 8.83. The summed E-state index contributed by atoms with van der Waals surface area (Å²) in [5.41, 5.74) is 1.22. The minimum atomic E-state index is -2.02. The van der Waals surface area contributed by atoms with Crippen molar-refractivity contribution in [1.29, 1.82) is 0 Å². The number of methoxy groups -OCH3 is 1. The van der Waals surface area contributed by atoms with Crippen LogP contribution in [-0.2, 0) is 25.2 Å². The zero-order chi connectivity index (χ0) is 21.1. The monoisotopic (exact) mass is 406 g/mol. The smallest absolute Gasteiger partial charge is 0.305 e. The van der Waals surface area contributed by atoms with Crippen molar-refractivity contribution < 1.29 is 23.1 Å². The van der Waals surface area contributed by atoms with Gasteiger partial charge in [-0.25, -0.2) is 4.39 Å². The van der Waals surface area contributed by atoms with Crippen molar-refractivity contribution in [1.82, 2.24) is 0 Å². The molecule has 0 aliphatic heterocycles. The van der Waals surface area contributed by atoms with E-state index in [0.717, 1.165) is 0 Å². The first-order chi connectivity index (χ1) is 13.0. The first kappa shape index (κ1) is 22.5. The molecule has 1 unspecified atom stereocenters. The highest BCUT2D eigenvalue weighted by Crippen LogP contribution is 2.39. The predicted molar refractivity (Wildman–Crippen MR) is 111 cm³/mol. The van der Waals surface area contributed by atoms with E-state index in [9.17, 15) is 9.59 Å². The van der Waals surface area contributed by atoms with Crippen molar-refractivity contribution in [3.05, 3.63) is 41.2 Å². The second-order valence-corrected chi connectivity index (χ2v) is 13.6. The van der Waals surface area contributed by atoms with E-state index in [2.05, 4.69) is 38.6 Å². The van der Waals surface area contributed by atoms with Gasteiger partial charge in [0.05, 0.1) is 13.2 Å². The third kappa shape index (κ3) is 5.17. The van der Waals surface area contributed by atoms with Gasteiger partial charge >= 0.3 is 5.97 Å². The van der Waals surface area contributed by atoms with Crippen LogP contribution in [0.5, 0.6) is 0 Å². The standard InChI is InChI=1S/C22H31FO4Si/c1-22(2,3)28(5,6)27-16-13-18(19(24)14-16)17-11-7-9-15(21(17)23)10-8-12-20(25)26-4/h7,9,11,13,16H,8,10,12,14H2,1-6H3. The number of hydrogen-bond donors (Lipinski definition) is 0. The maximum absolute atomic E-state index is 15.0. The minimum absolute atomic E-state index is 0.0391. The van der Waals surface area contributed by atoms with Crippen LogP contribution < -0.4 is 0 Å². The lowest BCUT2D eigenvalue weighted by atomic mass is 9.98. The largest absolute Gasteiger partial charge is 0.469 e. The van der Waals surface area contributed by atoms with Crippen LogP contribution in [0.1, 0.15) is 51.2 Å². The molecule has 154 valence electrons. The summed E-state index contributed by atoms with van der Waals surface area (Å²) in [6.45, 7) is 10.7. The van der Waals surface area contributed by atoms with Crippen LogP contribution in [0, 0.1) is 5.82 Å². The lowest BCUT2D eigenvalue weighted by Gasteiger charge is -2.37. The highest BCUT2D eigenvalue weighted by atomic mass is 28.4. The van der Waals surface area contributed by atoms with Gasteiger partial charge in [0.15, 0.2) is 14.1 Å². The molecular weight excluding hydrogens is 375 g/mol. The molecule has 0 amide bonds. The molecule has 1 aliphatic carbocycles. The topological polar surface area (TPSA) is 52.6 Å². The van der Waals surface area contributed by atoms with Crippen molar-refractivity contribution in [3.8, 4) is 0 Å². The molecule has 0 radical (unpaired) electrons. The third-order valence-corrected chi connectivity index (χ3v) is 10.2. The molecule has 1 aromatic carbocycles. The maximum Gasteiger partial charge on any atom is 0.305 e. The van der Waals surface area contributed by atoms with Crippen LogP contribution in [0.25, 0.3) is 5.57 Å². The summed E-state index contributed by atoms with van der Waals surface area (Å²) in [4.78, 5) is 23.8. The molecule has 0 bridgehead atoms. The Hall–Kier alpha value is -1.79. The molecule has 1 atom stereocenters. The first-order valence-electron chi connectivity index (χ1n) is 9.73. The summed E-state index contributed by atoms with van der Waals surface area (Å²) in [6, 6.07) is 5.08. The van der Waals surface area contributed by atoms with Gasteiger partial charge < -0.3 is 9.16 Å². The van der Waals surface area contributed by atoms with Crippen molar-refractivity contribution in [3.63, 3.8) is 0 Å². The van der Waals surface area contributed by atoms with E-state index >= 15 is 4.39 Å². The van der Waals surface area contributed by atoms with E-state index in [1.807, 2.05) is 0 Å². The fraction of sp³-hybridized carbons (Fsp3) is 0.545. The van der Waals surface area contributed by atoms with Crippen LogP contribution >= 0.6 is 0 Å². The number of esters is 1. The van der Waals surface area contributed by atoms with Gasteiger partial charge in [-0.3, -0.25) is 9.59 Å². The van der Waals surface area contributed by atoms with Gasteiger partial charge in [0, 0.05) is 24.0 Å². The molecule has 0 spiro atoms. The molecule has 6 heteroatoms. The average Bonchev–Trinajstić information content (AvgIpc) is 2.94. The number of ketones is 1. The fourth-order valence-corrected chi connectivity index (χ4v) is 4.27. The molecule has 2 rings (SSSR count). The summed E-state index contributed by atoms with van der Waals surface area (Å²) in [5, 5.41) is 0.0391. The van der Waals surface area contributed by atoms with Crippen LogP contribution in [0.2, 0.25) is 18.1 Å². The van der Waals surface area contributed by atoms with Crippen molar-refractivity contribution in [2.75, 3.05) is 7.11 Å². The minimum Gasteiger partial charge on any atom is -0.469 e. The zero-order valence-corrected chi connectivity index (χ0v) is 18.7. The SMILES string of the molecule is COC(=O)CCCc1cccc(C2=CC(O[Si](C)(C)C(C)(C)C)CC2=O)c1F. The number of rotatable bonds is 7. The second kappa shape index (κ2) is 8.70. The van der Waals surface area contributed by atoms with Crippen molar-refractivity contribution in [2.45, 2.75) is 70.7 Å². The number of ether oxygens (including phenoxy) is 1. The fourth-order valence-electron chi connectivity index (χ4n) is 3.01. The van der Waals surface area contributed by atoms with E-state index in [0.29, 0.717) is 29.5 Å². The number of allylic oxidation sites excluding steroid dienone is 1. The van der Waals surface area contributed by atoms with E-state index in [4.69, 9.17) is 4.43 Å². The van der Waals surface area contributed by atoms with E-state index in [1.165, 1.54) is 7.11 Å². The van der Waals surface area contributed by atoms with Gasteiger partial charge in [0.2, 0.25) is 0 Å². The van der Waals surface area contributed by atoms with Crippen molar-refractivity contribution in [2.24, 2.45) is 0 Å². The number of carbonyl (C=O) groups is 2. The summed E-state index contributed by atoms with van der Waals surface area (Å²) >= 11 is 0. The number of carbonyl (C=O) groups excluding carboxylic acids is 2. The molecule has 0 saturated carbocycles. The Balaban J connectivity index is 2.19. The molecule has 28 heavy (non-hydrogen) atoms. The van der Waals surface area contributed by atoms with Crippen LogP contribution in [0.15, 0.2) is 24.3 Å². The highest BCUT2D eigenvalue weighted by Gasteiger charge is 2.40. The summed E-state index contributed by atoms with van der Waals surface area (Å²) < 4.78 is 26.0. The Bertz CT molecular complexity index is 777. The van der Waals surface area contributed by atoms with Gasteiger partial charge in [0.1, 0.15) is 5.82 Å². The zero-order valence-electron chi connectivity index (χ0n) is 17.7.